The number of hydrogen-bond donors (Lipinski definition) is 2. The maximum atomic E-state index is 5.29. The molecule has 1 unspecified atom stereocenters. The van der Waals surface area contributed by atoms with Gasteiger partial charge in [0.2, 0.25) is 0 Å². The quantitative estimate of drug-likeness (QED) is 0.434. The third-order valence-electron chi connectivity index (χ3n) is 2.64. The van der Waals surface area contributed by atoms with Gasteiger partial charge in [0, 0.05) is 19.6 Å². The molecular formula is C8H16N4. The van der Waals surface area contributed by atoms with Crippen molar-refractivity contribution in [3.05, 3.63) is 0 Å². The second-order valence-electron chi connectivity index (χ2n) is 3.54. The van der Waals surface area contributed by atoms with Crippen molar-refractivity contribution in [3.63, 3.8) is 0 Å². The van der Waals surface area contributed by atoms with Gasteiger partial charge >= 0.3 is 0 Å². The van der Waals surface area contributed by atoms with Crippen LogP contribution in [0.2, 0.25) is 0 Å². The van der Waals surface area contributed by atoms with Crippen LogP contribution in [0.3, 0.4) is 0 Å². The minimum absolute atomic E-state index is 0.596. The van der Waals surface area contributed by atoms with Crippen molar-refractivity contribution < 1.29 is 0 Å². The van der Waals surface area contributed by atoms with Crippen molar-refractivity contribution >= 4 is 6.34 Å². The van der Waals surface area contributed by atoms with E-state index in [9.17, 15) is 0 Å². The standard InChI is InChI=1S/C8H16N4/c9-6-11-12-4-3-10-5-8(12)7-1-2-7/h6-8,10H,1-5H2,(H2,9,11). The van der Waals surface area contributed by atoms with Gasteiger partial charge in [-0.2, -0.15) is 5.10 Å². The molecule has 4 heteroatoms. The lowest BCUT2D eigenvalue weighted by molar-refractivity contribution is 0.150. The molecule has 1 atom stereocenters. The highest BCUT2D eigenvalue weighted by Gasteiger charge is 2.36. The average Bonchev–Trinajstić information content (AvgIpc) is 2.89. The van der Waals surface area contributed by atoms with Gasteiger partial charge in [0.25, 0.3) is 0 Å². The SMILES string of the molecule is NC=NN1CCNCC1C1CC1. The number of piperazine rings is 1. The summed E-state index contributed by atoms with van der Waals surface area (Å²) in [6.07, 6.45) is 4.13. The van der Waals surface area contributed by atoms with E-state index in [0.717, 1.165) is 25.6 Å². The topological polar surface area (TPSA) is 53.6 Å². The van der Waals surface area contributed by atoms with Crippen LogP contribution in [0.15, 0.2) is 5.10 Å². The van der Waals surface area contributed by atoms with Gasteiger partial charge in [-0.1, -0.05) is 0 Å². The number of nitrogens with two attached hydrogens (primary N) is 1. The summed E-state index contributed by atoms with van der Waals surface area (Å²) in [5, 5.41) is 9.69. The summed E-state index contributed by atoms with van der Waals surface area (Å²) in [6, 6.07) is 0.596. The van der Waals surface area contributed by atoms with Crippen LogP contribution in [0.4, 0.5) is 0 Å². The Morgan fingerprint density at radius 1 is 1.50 bits per heavy atom. The van der Waals surface area contributed by atoms with E-state index in [1.807, 2.05) is 0 Å². The van der Waals surface area contributed by atoms with E-state index in [4.69, 9.17) is 5.73 Å². The van der Waals surface area contributed by atoms with E-state index in [2.05, 4.69) is 15.4 Å². The molecular weight excluding hydrogens is 152 g/mol. The van der Waals surface area contributed by atoms with Gasteiger partial charge in [-0.05, 0) is 18.8 Å². The summed E-state index contributed by atoms with van der Waals surface area (Å²) in [4.78, 5) is 0. The maximum absolute atomic E-state index is 5.29. The highest BCUT2D eigenvalue weighted by Crippen LogP contribution is 2.35. The third-order valence-corrected chi connectivity index (χ3v) is 2.64. The van der Waals surface area contributed by atoms with Crippen LogP contribution in [0, 0.1) is 5.92 Å². The number of hydrazone groups is 1. The van der Waals surface area contributed by atoms with Crippen LogP contribution >= 0.6 is 0 Å². The van der Waals surface area contributed by atoms with Crippen molar-refractivity contribution in [2.75, 3.05) is 19.6 Å². The van der Waals surface area contributed by atoms with Gasteiger partial charge < -0.3 is 11.1 Å². The van der Waals surface area contributed by atoms with Crippen molar-refractivity contribution in [3.8, 4) is 0 Å². The molecule has 0 radical (unpaired) electrons. The number of hydrogen-bond acceptors (Lipinski definition) is 3. The molecule has 1 aliphatic carbocycles. The maximum Gasteiger partial charge on any atom is 0.106 e. The molecule has 2 aliphatic rings. The highest BCUT2D eigenvalue weighted by atomic mass is 15.5. The second kappa shape index (κ2) is 3.31. The monoisotopic (exact) mass is 168 g/mol. The molecule has 3 N–H and O–H groups in total. The lowest BCUT2D eigenvalue weighted by Gasteiger charge is -2.33. The first kappa shape index (κ1) is 7.86. The minimum atomic E-state index is 0.596. The summed E-state index contributed by atoms with van der Waals surface area (Å²) in [7, 11) is 0. The van der Waals surface area contributed by atoms with Crippen LogP contribution in [-0.4, -0.2) is 37.0 Å². The zero-order chi connectivity index (χ0) is 8.39. The molecule has 0 amide bonds. The molecule has 1 saturated heterocycles. The Morgan fingerprint density at radius 2 is 2.33 bits per heavy atom. The lowest BCUT2D eigenvalue weighted by atomic mass is 10.1. The second-order valence-corrected chi connectivity index (χ2v) is 3.54. The molecule has 1 saturated carbocycles. The molecule has 2 fully saturated rings. The van der Waals surface area contributed by atoms with Gasteiger partial charge in [0.1, 0.15) is 6.34 Å². The van der Waals surface area contributed by atoms with Crippen molar-refractivity contribution in [2.45, 2.75) is 18.9 Å². The van der Waals surface area contributed by atoms with Gasteiger partial charge in [0.15, 0.2) is 0 Å². The predicted octanol–water partition coefficient (Wildman–Crippen LogP) is -0.428. The van der Waals surface area contributed by atoms with Crippen LogP contribution in [-0.2, 0) is 0 Å². The van der Waals surface area contributed by atoms with Crippen molar-refractivity contribution in [2.24, 2.45) is 16.8 Å². The lowest BCUT2D eigenvalue weighted by Crippen LogP contribution is -2.49. The number of rotatable bonds is 2. The van der Waals surface area contributed by atoms with Crippen LogP contribution in [0.1, 0.15) is 12.8 Å². The molecule has 1 heterocycles. The van der Waals surface area contributed by atoms with E-state index in [1.54, 1.807) is 0 Å². The minimum Gasteiger partial charge on any atom is -0.388 e. The van der Waals surface area contributed by atoms with Crippen LogP contribution < -0.4 is 11.1 Å². The molecule has 2 rings (SSSR count). The Balaban J connectivity index is 1.95. The highest BCUT2D eigenvalue weighted by molar-refractivity contribution is 5.50. The molecule has 1 aliphatic heterocycles. The molecule has 0 aromatic rings. The van der Waals surface area contributed by atoms with Gasteiger partial charge in [-0.25, -0.2) is 0 Å². The third kappa shape index (κ3) is 1.53. The van der Waals surface area contributed by atoms with Gasteiger partial charge in [-0.15, -0.1) is 0 Å². The van der Waals surface area contributed by atoms with E-state index in [-0.39, 0.29) is 0 Å². The Labute approximate surface area is 72.8 Å². The normalized spacial score (nSPS) is 31.3. The van der Waals surface area contributed by atoms with E-state index in [0.29, 0.717) is 6.04 Å². The Hall–Kier alpha value is -0.770. The van der Waals surface area contributed by atoms with Crippen molar-refractivity contribution in [1.82, 2.24) is 10.3 Å². The first-order valence-electron chi connectivity index (χ1n) is 4.63. The fourth-order valence-electron chi connectivity index (χ4n) is 1.83. The number of nitrogens with one attached hydrogen (secondary N) is 1. The van der Waals surface area contributed by atoms with Gasteiger partial charge in [-0.3, -0.25) is 5.01 Å². The predicted molar refractivity (Wildman–Crippen MR) is 48.8 cm³/mol. The molecule has 12 heavy (non-hydrogen) atoms. The largest absolute Gasteiger partial charge is 0.388 e. The Morgan fingerprint density at radius 3 is 3.00 bits per heavy atom. The molecule has 0 spiro atoms. The first-order valence-corrected chi connectivity index (χ1v) is 4.63. The fraction of sp³-hybridized carbons (Fsp3) is 0.875. The summed E-state index contributed by atoms with van der Waals surface area (Å²) < 4.78 is 0. The summed E-state index contributed by atoms with van der Waals surface area (Å²) in [5.74, 6) is 0.862. The molecule has 4 nitrogen and oxygen atoms in total. The molecule has 68 valence electrons. The zero-order valence-electron chi connectivity index (χ0n) is 7.24. The Kier molecular flexibility index (Phi) is 2.17. The van der Waals surface area contributed by atoms with Crippen LogP contribution in [0.25, 0.3) is 0 Å². The van der Waals surface area contributed by atoms with Crippen molar-refractivity contribution in [1.29, 1.82) is 0 Å². The summed E-state index contributed by atoms with van der Waals surface area (Å²) in [5.41, 5.74) is 5.29. The first-order chi connectivity index (χ1) is 5.92. The van der Waals surface area contributed by atoms with E-state index < -0.39 is 0 Å². The summed E-state index contributed by atoms with van der Waals surface area (Å²) >= 11 is 0. The molecule has 0 bridgehead atoms. The zero-order valence-corrected chi connectivity index (χ0v) is 7.24. The van der Waals surface area contributed by atoms with E-state index in [1.165, 1.54) is 19.2 Å². The van der Waals surface area contributed by atoms with Crippen LogP contribution in [0.5, 0.6) is 0 Å². The average molecular weight is 168 g/mol. The summed E-state index contributed by atoms with van der Waals surface area (Å²) in [6.45, 7) is 3.09. The number of nitrogens with zero attached hydrogens (tertiary/aromatic N) is 2. The van der Waals surface area contributed by atoms with Gasteiger partial charge in [0.05, 0.1) is 6.04 Å². The smallest absolute Gasteiger partial charge is 0.106 e. The molecule has 0 aromatic carbocycles. The fourth-order valence-corrected chi connectivity index (χ4v) is 1.83. The Bertz CT molecular complexity index is 176. The van der Waals surface area contributed by atoms with E-state index >= 15 is 0 Å². The molecule has 0 aromatic heterocycles.